The molecule has 110 valence electrons. The van der Waals surface area contributed by atoms with E-state index < -0.39 is 0 Å². The van der Waals surface area contributed by atoms with E-state index in [1.54, 1.807) is 6.92 Å². The van der Waals surface area contributed by atoms with Crippen molar-refractivity contribution >= 4 is 54.9 Å². The largest absolute Gasteiger partial charge is 0.335 e. The first-order valence-electron chi connectivity index (χ1n) is 6.74. The van der Waals surface area contributed by atoms with Crippen LogP contribution in [0.3, 0.4) is 0 Å². The summed E-state index contributed by atoms with van der Waals surface area (Å²) in [6.07, 6.45) is 4.65. The summed E-state index contributed by atoms with van der Waals surface area (Å²) in [5.74, 6) is 0.206. The molecule has 1 atom stereocenters. The molecule has 1 fully saturated rings. The molecule has 2 heterocycles. The number of ketones is 1. The van der Waals surface area contributed by atoms with Crippen LogP contribution in [0.4, 0.5) is 0 Å². The fourth-order valence-electron chi connectivity index (χ4n) is 2.58. The van der Waals surface area contributed by atoms with Crippen molar-refractivity contribution in [3.8, 4) is 0 Å². The number of hydrogen-bond acceptors (Lipinski definition) is 3. The lowest BCUT2D eigenvalue weighted by Gasteiger charge is -2.29. The van der Waals surface area contributed by atoms with Gasteiger partial charge in [-0.1, -0.05) is 12.8 Å². The highest BCUT2D eigenvalue weighted by atomic mass is 79.9. The number of hydrogen-bond donors (Lipinski definition) is 0. The fourth-order valence-corrected chi connectivity index (χ4v) is 4.57. The monoisotopic (exact) mass is 421 g/mol. The maximum atomic E-state index is 12.7. The number of carbonyl (C=O) groups is 2. The van der Waals surface area contributed by atoms with Gasteiger partial charge in [-0.3, -0.25) is 9.59 Å². The van der Waals surface area contributed by atoms with Gasteiger partial charge in [0, 0.05) is 23.5 Å². The summed E-state index contributed by atoms with van der Waals surface area (Å²) in [6, 6.07) is 1.91. The minimum atomic E-state index is 0.0505. The Bertz CT molecular complexity index is 496. The topological polar surface area (TPSA) is 37.4 Å². The first kappa shape index (κ1) is 16.2. The number of thiophene rings is 1. The lowest BCUT2D eigenvalue weighted by Crippen LogP contribution is -2.40. The van der Waals surface area contributed by atoms with E-state index in [-0.39, 0.29) is 17.7 Å². The Morgan fingerprint density at radius 3 is 2.70 bits per heavy atom. The van der Waals surface area contributed by atoms with Crippen LogP contribution in [0.15, 0.2) is 14.3 Å². The summed E-state index contributed by atoms with van der Waals surface area (Å²) >= 11 is 8.28. The van der Waals surface area contributed by atoms with Crippen molar-refractivity contribution in [1.29, 1.82) is 0 Å². The van der Waals surface area contributed by atoms with E-state index in [0.29, 0.717) is 6.42 Å². The van der Waals surface area contributed by atoms with Crippen molar-refractivity contribution in [2.45, 2.75) is 45.1 Å². The Hall–Kier alpha value is -0.200. The number of nitrogens with zero attached hydrogens (tertiary/aromatic N) is 1. The molecule has 1 aliphatic heterocycles. The number of halogens is 2. The highest BCUT2D eigenvalue weighted by molar-refractivity contribution is 9.13. The number of amides is 1. The van der Waals surface area contributed by atoms with Gasteiger partial charge in [0.25, 0.3) is 5.91 Å². The quantitative estimate of drug-likeness (QED) is 0.711. The molecule has 0 radical (unpaired) electrons. The third kappa shape index (κ3) is 3.92. The maximum absolute atomic E-state index is 12.7. The number of likely N-dealkylation sites (tertiary alicyclic amines) is 1. The predicted molar refractivity (Wildman–Crippen MR) is 88.3 cm³/mol. The molecule has 1 aromatic heterocycles. The Morgan fingerprint density at radius 1 is 1.35 bits per heavy atom. The van der Waals surface area contributed by atoms with E-state index in [1.807, 2.05) is 11.0 Å². The smallest absolute Gasteiger partial charge is 0.264 e. The van der Waals surface area contributed by atoms with Gasteiger partial charge in [-0.05, 0) is 57.7 Å². The molecular weight excluding hydrogens is 406 g/mol. The summed E-state index contributed by atoms with van der Waals surface area (Å²) < 4.78 is 1.84. The number of rotatable bonds is 3. The van der Waals surface area contributed by atoms with Crippen LogP contribution in [0.25, 0.3) is 0 Å². The molecule has 20 heavy (non-hydrogen) atoms. The second-order valence-electron chi connectivity index (χ2n) is 5.14. The molecule has 0 N–H and O–H groups in total. The lowest BCUT2D eigenvalue weighted by molar-refractivity contribution is -0.118. The van der Waals surface area contributed by atoms with Gasteiger partial charge in [0.1, 0.15) is 5.78 Å². The van der Waals surface area contributed by atoms with E-state index in [0.717, 1.165) is 45.4 Å². The van der Waals surface area contributed by atoms with Gasteiger partial charge in [-0.15, -0.1) is 11.3 Å². The predicted octanol–water partition coefficient (Wildman–Crippen LogP) is 4.64. The maximum Gasteiger partial charge on any atom is 0.264 e. The summed E-state index contributed by atoms with van der Waals surface area (Å²) in [5, 5.41) is 0. The van der Waals surface area contributed by atoms with Gasteiger partial charge in [-0.2, -0.15) is 0 Å². The zero-order valence-corrected chi connectivity index (χ0v) is 15.3. The van der Waals surface area contributed by atoms with Crippen molar-refractivity contribution in [2.75, 3.05) is 6.54 Å². The first-order valence-corrected chi connectivity index (χ1v) is 9.14. The van der Waals surface area contributed by atoms with Crippen molar-refractivity contribution in [2.24, 2.45) is 0 Å². The van der Waals surface area contributed by atoms with Crippen LogP contribution in [0.5, 0.6) is 0 Å². The second kappa shape index (κ2) is 7.18. The van der Waals surface area contributed by atoms with Crippen LogP contribution in [0.1, 0.15) is 48.7 Å². The zero-order chi connectivity index (χ0) is 14.7. The Balaban J connectivity index is 2.20. The molecule has 1 saturated heterocycles. The number of Topliss-reactive ketones (excluding diaryl/α,β-unsaturated/α-hetero) is 1. The van der Waals surface area contributed by atoms with Crippen molar-refractivity contribution in [1.82, 2.24) is 4.90 Å². The third-order valence-corrected chi connectivity index (χ3v) is 6.76. The van der Waals surface area contributed by atoms with Gasteiger partial charge in [0.15, 0.2) is 0 Å². The molecule has 1 aliphatic rings. The molecule has 0 bridgehead atoms. The van der Waals surface area contributed by atoms with E-state index in [4.69, 9.17) is 0 Å². The van der Waals surface area contributed by atoms with Crippen LogP contribution in [0, 0.1) is 0 Å². The van der Waals surface area contributed by atoms with Gasteiger partial charge in [-0.25, -0.2) is 0 Å². The van der Waals surface area contributed by atoms with Crippen LogP contribution >= 0.6 is 43.2 Å². The molecule has 1 aromatic rings. The van der Waals surface area contributed by atoms with E-state index in [9.17, 15) is 9.59 Å². The Kier molecular flexibility index (Phi) is 5.81. The standard InChI is InChI=1S/C14H17Br2NO2S/c1-9(18)7-10-5-3-2-4-6-17(10)14(19)12-8-11(15)13(16)20-12/h8,10H,2-7H2,1H3. The summed E-state index contributed by atoms with van der Waals surface area (Å²) in [4.78, 5) is 26.8. The molecule has 1 unspecified atom stereocenters. The summed E-state index contributed by atoms with van der Waals surface area (Å²) in [7, 11) is 0. The minimum Gasteiger partial charge on any atom is -0.335 e. The Labute approximate surface area is 140 Å². The van der Waals surface area contributed by atoms with Crippen molar-refractivity contribution in [3.63, 3.8) is 0 Å². The van der Waals surface area contributed by atoms with E-state index in [2.05, 4.69) is 31.9 Å². The molecule has 3 nitrogen and oxygen atoms in total. The molecule has 2 rings (SSSR count). The van der Waals surface area contributed by atoms with Crippen LogP contribution in [-0.4, -0.2) is 29.2 Å². The second-order valence-corrected chi connectivity index (χ2v) is 8.36. The molecular formula is C14H17Br2NO2S. The van der Waals surface area contributed by atoms with E-state index >= 15 is 0 Å². The van der Waals surface area contributed by atoms with Crippen molar-refractivity contribution in [3.05, 3.63) is 19.2 Å². The lowest BCUT2D eigenvalue weighted by atomic mass is 10.0. The molecule has 0 aliphatic carbocycles. The van der Waals surface area contributed by atoms with Gasteiger partial charge >= 0.3 is 0 Å². The molecule has 0 aromatic carbocycles. The minimum absolute atomic E-state index is 0.0505. The van der Waals surface area contributed by atoms with E-state index in [1.165, 1.54) is 11.3 Å². The first-order chi connectivity index (χ1) is 9.49. The molecule has 0 saturated carbocycles. The summed E-state index contributed by atoms with van der Waals surface area (Å²) in [5.41, 5.74) is 0. The average Bonchev–Trinajstić information content (AvgIpc) is 2.60. The van der Waals surface area contributed by atoms with Crippen LogP contribution < -0.4 is 0 Å². The number of carbonyl (C=O) groups excluding carboxylic acids is 2. The highest BCUT2D eigenvalue weighted by Gasteiger charge is 2.28. The normalized spacial score (nSPS) is 19.8. The molecule has 0 spiro atoms. The van der Waals surface area contributed by atoms with Crippen molar-refractivity contribution < 1.29 is 9.59 Å². The Morgan fingerprint density at radius 2 is 2.10 bits per heavy atom. The highest BCUT2D eigenvalue weighted by Crippen LogP contribution is 2.34. The third-order valence-electron chi connectivity index (χ3n) is 3.52. The molecule has 6 heteroatoms. The van der Waals surface area contributed by atoms with Gasteiger partial charge in [0.2, 0.25) is 0 Å². The average molecular weight is 423 g/mol. The molecule has 1 amide bonds. The van der Waals surface area contributed by atoms with Gasteiger partial charge < -0.3 is 4.90 Å². The van der Waals surface area contributed by atoms with Crippen LogP contribution in [0.2, 0.25) is 0 Å². The van der Waals surface area contributed by atoms with Gasteiger partial charge in [0.05, 0.1) is 8.66 Å². The summed E-state index contributed by atoms with van der Waals surface area (Å²) in [6.45, 7) is 2.36. The zero-order valence-electron chi connectivity index (χ0n) is 11.3. The van der Waals surface area contributed by atoms with Crippen LogP contribution in [-0.2, 0) is 4.79 Å². The SMILES string of the molecule is CC(=O)CC1CCCCCN1C(=O)c1cc(Br)c(Br)s1. The fraction of sp³-hybridized carbons (Fsp3) is 0.571.